The molecule has 17 heavy (non-hydrogen) atoms. The molecule has 1 aromatic carbocycles. The molecule has 1 heterocycles. The van der Waals surface area contributed by atoms with Gasteiger partial charge in [0.25, 0.3) is 5.91 Å². The van der Waals surface area contributed by atoms with Crippen molar-refractivity contribution in [3.63, 3.8) is 0 Å². The van der Waals surface area contributed by atoms with Gasteiger partial charge in [-0.05, 0) is 12.1 Å². The van der Waals surface area contributed by atoms with Crippen LogP contribution in [0.15, 0.2) is 24.3 Å². The van der Waals surface area contributed by atoms with Crippen LogP contribution in [-0.2, 0) is 9.53 Å². The number of benzene rings is 1. The fourth-order valence-corrected chi connectivity index (χ4v) is 1.82. The molecule has 1 amide bonds. The van der Waals surface area contributed by atoms with E-state index in [0.29, 0.717) is 18.0 Å². The summed E-state index contributed by atoms with van der Waals surface area (Å²) in [7, 11) is 1.56. The molecule has 1 N–H and O–H groups in total. The van der Waals surface area contributed by atoms with Gasteiger partial charge < -0.3 is 19.5 Å². The number of ether oxygens (including phenoxy) is 2. The molecular weight excluding hydrogens is 222 g/mol. The van der Waals surface area contributed by atoms with Crippen molar-refractivity contribution < 1.29 is 19.4 Å². The summed E-state index contributed by atoms with van der Waals surface area (Å²) >= 11 is 0. The number of amides is 1. The Bertz CT molecular complexity index is 407. The Morgan fingerprint density at radius 2 is 2.29 bits per heavy atom. The van der Waals surface area contributed by atoms with Crippen molar-refractivity contribution >= 4 is 11.6 Å². The molecule has 0 radical (unpaired) electrons. The molecular formula is C12H15NO4. The Labute approximate surface area is 99.6 Å². The van der Waals surface area contributed by atoms with Gasteiger partial charge in [-0.25, -0.2) is 0 Å². The number of rotatable bonds is 3. The van der Waals surface area contributed by atoms with Gasteiger partial charge in [0.05, 0.1) is 32.1 Å². The van der Waals surface area contributed by atoms with E-state index in [0.717, 1.165) is 0 Å². The molecule has 5 nitrogen and oxygen atoms in total. The minimum atomic E-state index is -0.336. The minimum Gasteiger partial charge on any atom is -0.495 e. The lowest BCUT2D eigenvalue weighted by atomic mass is 10.2. The molecule has 1 aromatic rings. The number of carbonyl (C=O) groups excluding carboxylic acids is 1. The van der Waals surface area contributed by atoms with E-state index in [1.807, 2.05) is 18.2 Å². The molecule has 92 valence electrons. The van der Waals surface area contributed by atoms with Crippen molar-refractivity contribution in [2.24, 2.45) is 0 Å². The zero-order valence-electron chi connectivity index (χ0n) is 9.63. The Morgan fingerprint density at radius 3 is 3.00 bits per heavy atom. The lowest BCUT2D eigenvalue weighted by Crippen LogP contribution is -2.48. The lowest BCUT2D eigenvalue weighted by molar-refractivity contribution is -0.130. The third kappa shape index (κ3) is 2.40. The van der Waals surface area contributed by atoms with E-state index in [1.165, 1.54) is 0 Å². The molecule has 5 heteroatoms. The van der Waals surface area contributed by atoms with Crippen LogP contribution in [0, 0.1) is 0 Å². The van der Waals surface area contributed by atoms with Gasteiger partial charge >= 0.3 is 0 Å². The van der Waals surface area contributed by atoms with Gasteiger partial charge in [-0.1, -0.05) is 12.1 Å². The summed E-state index contributed by atoms with van der Waals surface area (Å²) in [5, 5.41) is 9.07. The topological polar surface area (TPSA) is 59.0 Å². The zero-order valence-corrected chi connectivity index (χ0v) is 9.63. The Kier molecular flexibility index (Phi) is 3.61. The predicted octanol–water partition coefficient (Wildman–Crippen LogP) is 0.419. The molecule has 0 aliphatic carbocycles. The van der Waals surface area contributed by atoms with Crippen LogP contribution in [0.1, 0.15) is 0 Å². The summed E-state index contributed by atoms with van der Waals surface area (Å²) in [6, 6.07) is 7.30. The molecule has 1 aliphatic rings. The average molecular weight is 237 g/mol. The molecule has 1 saturated heterocycles. The fourth-order valence-electron chi connectivity index (χ4n) is 1.82. The number of morpholine rings is 1. The highest BCUT2D eigenvalue weighted by Gasteiger charge is 2.28. The largest absolute Gasteiger partial charge is 0.495 e. The molecule has 1 fully saturated rings. The van der Waals surface area contributed by atoms with Crippen LogP contribution < -0.4 is 9.64 Å². The second kappa shape index (κ2) is 5.16. The molecule has 1 unspecified atom stereocenters. The molecule has 1 aliphatic heterocycles. The number of methoxy groups -OCH3 is 1. The molecule has 0 aromatic heterocycles. The number of hydrogen-bond acceptors (Lipinski definition) is 4. The molecule has 0 bridgehead atoms. The summed E-state index contributed by atoms with van der Waals surface area (Å²) in [5.41, 5.74) is 0.710. The number of aliphatic hydroxyl groups is 1. The SMILES string of the molecule is COc1ccccc1N1CC(CO)OCC1=O. The average Bonchev–Trinajstić information content (AvgIpc) is 2.39. The number of aliphatic hydroxyl groups excluding tert-OH is 1. The number of hydrogen-bond donors (Lipinski definition) is 1. The summed E-state index contributed by atoms with van der Waals surface area (Å²) in [4.78, 5) is 13.4. The van der Waals surface area contributed by atoms with Gasteiger partial charge in [-0.15, -0.1) is 0 Å². The van der Waals surface area contributed by atoms with Gasteiger partial charge in [0.2, 0.25) is 0 Å². The summed E-state index contributed by atoms with van der Waals surface area (Å²) < 4.78 is 10.4. The number of para-hydroxylation sites is 2. The van der Waals surface area contributed by atoms with E-state index in [1.54, 1.807) is 18.1 Å². The van der Waals surface area contributed by atoms with Gasteiger partial charge in [0.1, 0.15) is 12.4 Å². The smallest absolute Gasteiger partial charge is 0.253 e. The van der Waals surface area contributed by atoms with Crippen LogP contribution in [0.25, 0.3) is 0 Å². The third-order valence-electron chi connectivity index (χ3n) is 2.71. The number of nitrogens with zero attached hydrogens (tertiary/aromatic N) is 1. The molecule has 1 atom stereocenters. The Balaban J connectivity index is 2.27. The van der Waals surface area contributed by atoms with Crippen LogP contribution in [0.2, 0.25) is 0 Å². The predicted molar refractivity (Wildman–Crippen MR) is 62.2 cm³/mol. The van der Waals surface area contributed by atoms with Gasteiger partial charge in [0.15, 0.2) is 0 Å². The maximum Gasteiger partial charge on any atom is 0.253 e. The van der Waals surface area contributed by atoms with Crippen molar-refractivity contribution in [1.82, 2.24) is 0 Å². The van der Waals surface area contributed by atoms with Crippen LogP contribution in [0.5, 0.6) is 5.75 Å². The standard InChI is InChI=1S/C12H15NO4/c1-16-11-5-3-2-4-10(11)13-6-9(7-14)17-8-12(13)15/h2-5,9,14H,6-8H2,1H3. The monoisotopic (exact) mass is 237 g/mol. The van der Waals surface area contributed by atoms with Gasteiger partial charge in [-0.3, -0.25) is 4.79 Å². The lowest BCUT2D eigenvalue weighted by Gasteiger charge is -2.32. The summed E-state index contributed by atoms with van der Waals surface area (Å²) in [5.74, 6) is 0.513. The second-order valence-electron chi connectivity index (χ2n) is 3.79. The first-order valence-electron chi connectivity index (χ1n) is 5.42. The Hall–Kier alpha value is -1.59. The maximum absolute atomic E-state index is 11.8. The van der Waals surface area contributed by atoms with Crippen molar-refractivity contribution in [3.8, 4) is 5.75 Å². The zero-order chi connectivity index (χ0) is 12.3. The van der Waals surface area contributed by atoms with Crippen LogP contribution >= 0.6 is 0 Å². The first kappa shape index (κ1) is 11.9. The summed E-state index contributed by atoms with van der Waals surface area (Å²) in [6.07, 6.45) is -0.336. The van der Waals surface area contributed by atoms with E-state index >= 15 is 0 Å². The van der Waals surface area contributed by atoms with E-state index in [4.69, 9.17) is 14.6 Å². The summed E-state index contributed by atoms with van der Waals surface area (Å²) in [6.45, 7) is 0.234. The Morgan fingerprint density at radius 1 is 1.53 bits per heavy atom. The number of carbonyl (C=O) groups is 1. The molecule has 2 rings (SSSR count). The van der Waals surface area contributed by atoms with Crippen molar-refractivity contribution in [2.45, 2.75) is 6.10 Å². The van der Waals surface area contributed by atoms with Crippen LogP contribution in [0.3, 0.4) is 0 Å². The van der Waals surface area contributed by atoms with Crippen molar-refractivity contribution in [3.05, 3.63) is 24.3 Å². The van der Waals surface area contributed by atoms with Gasteiger partial charge in [-0.2, -0.15) is 0 Å². The normalized spacial score (nSPS) is 20.5. The van der Waals surface area contributed by atoms with E-state index in [9.17, 15) is 4.79 Å². The van der Waals surface area contributed by atoms with E-state index < -0.39 is 0 Å². The first-order valence-corrected chi connectivity index (χ1v) is 5.42. The maximum atomic E-state index is 11.8. The van der Waals surface area contributed by atoms with Crippen LogP contribution in [-0.4, -0.2) is 44.0 Å². The quantitative estimate of drug-likeness (QED) is 0.827. The van der Waals surface area contributed by atoms with E-state index in [-0.39, 0.29) is 25.2 Å². The second-order valence-corrected chi connectivity index (χ2v) is 3.79. The first-order chi connectivity index (χ1) is 8.26. The highest BCUT2D eigenvalue weighted by atomic mass is 16.5. The third-order valence-corrected chi connectivity index (χ3v) is 2.71. The highest BCUT2D eigenvalue weighted by Crippen LogP contribution is 2.29. The number of anilines is 1. The molecule has 0 spiro atoms. The minimum absolute atomic E-state index is 0.0106. The van der Waals surface area contributed by atoms with Crippen molar-refractivity contribution in [2.75, 3.05) is 31.8 Å². The van der Waals surface area contributed by atoms with Gasteiger partial charge in [0, 0.05) is 0 Å². The van der Waals surface area contributed by atoms with Crippen LogP contribution in [0.4, 0.5) is 5.69 Å². The van der Waals surface area contributed by atoms with Crippen molar-refractivity contribution in [1.29, 1.82) is 0 Å². The van der Waals surface area contributed by atoms with E-state index in [2.05, 4.69) is 0 Å². The fraction of sp³-hybridized carbons (Fsp3) is 0.417. The molecule has 0 saturated carbocycles. The highest BCUT2D eigenvalue weighted by molar-refractivity contribution is 5.96.